The van der Waals surface area contributed by atoms with Gasteiger partial charge in [0.05, 0.1) is 22.0 Å². The van der Waals surface area contributed by atoms with E-state index in [1.807, 2.05) is 47.0 Å². The highest BCUT2D eigenvalue weighted by Crippen LogP contribution is 2.44. The van der Waals surface area contributed by atoms with Crippen molar-refractivity contribution in [3.8, 4) is 28.0 Å². The third-order valence-corrected chi connectivity index (χ3v) is 8.45. The number of hydrogen-bond acceptors (Lipinski definition) is 4. The number of primary amides is 1. The van der Waals surface area contributed by atoms with Gasteiger partial charge in [-0.3, -0.25) is 14.4 Å². The van der Waals surface area contributed by atoms with Crippen LogP contribution in [0.2, 0.25) is 0 Å². The second-order valence-corrected chi connectivity index (χ2v) is 11.2. The lowest BCUT2D eigenvalue weighted by Gasteiger charge is -2.36. The number of nitrogens with two attached hydrogens (primary N) is 1. The number of rotatable bonds is 8. The molecular weight excluding hydrogens is 560 g/mol. The summed E-state index contributed by atoms with van der Waals surface area (Å²) in [6.07, 6.45) is 0. The Morgan fingerprint density at radius 2 is 1.11 bits per heavy atom. The number of carbonyl (C=O) groups is 3. The van der Waals surface area contributed by atoms with Gasteiger partial charge < -0.3 is 15.0 Å². The number of ketones is 1. The van der Waals surface area contributed by atoms with Gasteiger partial charge in [0.1, 0.15) is 5.75 Å². The zero-order chi connectivity index (χ0) is 31.7. The standard InChI is InChI=1S/C39H32N2O4/c1-25-35(37(43)38(40)44)36-33(15-10-16-34(36)45-26(2)42)41(25)39(3,31-21-17-29(18-22-31)27-11-6-4-7-12-27)32-23-19-30(20-24-32)28-13-8-5-9-14-28/h4-24H,1-3H3,(H2,40,44). The van der Waals surface area contributed by atoms with E-state index in [1.54, 1.807) is 19.1 Å². The van der Waals surface area contributed by atoms with Crippen LogP contribution >= 0.6 is 0 Å². The van der Waals surface area contributed by atoms with Gasteiger partial charge >= 0.3 is 5.97 Å². The fourth-order valence-corrected chi connectivity index (χ4v) is 6.31. The highest BCUT2D eigenvalue weighted by atomic mass is 16.5. The van der Waals surface area contributed by atoms with Crippen molar-refractivity contribution in [2.45, 2.75) is 26.3 Å². The number of nitrogens with zero attached hydrogens (tertiary/aromatic N) is 1. The fraction of sp³-hybridized carbons (Fsp3) is 0.103. The Morgan fingerprint density at radius 3 is 1.56 bits per heavy atom. The van der Waals surface area contributed by atoms with Crippen LogP contribution in [0, 0.1) is 6.92 Å². The lowest BCUT2D eigenvalue weighted by molar-refractivity contribution is -0.131. The van der Waals surface area contributed by atoms with Gasteiger partial charge in [0, 0.05) is 12.6 Å². The average molecular weight is 593 g/mol. The van der Waals surface area contributed by atoms with Crippen LogP contribution < -0.4 is 10.5 Å². The lowest BCUT2D eigenvalue weighted by Crippen LogP contribution is -2.34. The molecule has 0 aliphatic rings. The minimum Gasteiger partial charge on any atom is -0.426 e. The van der Waals surface area contributed by atoms with Crippen LogP contribution in [0.15, 0.2) is 127 Å². The molecule has 1 heterocycles. The molecule has 6 nitrogen and oxygen atoms in total. The predicted molar refractivity (Wildman–Crippen MR) is 177 cm³/mol. The molecule has 6 rings (SSSR count). The van der Waals surface area contributed by atoms with E-state index in [0.29, 0.717) is 16.6 Å². The van der Waals surface area contributed by atoms with Crippen molar-refractivity contribution in [1.29, 1.82) is 0 Å². The van der Waals surface area contributed by atoms with Crippen molar-refractivity contribution in [1.82, 2.24) is 4.57 Å². The Morgan fingerprint density at radius 1 is 0.644 bits per heavy atom. The topological polar surface area (TPSA) is 91.4 Å². The largest absolute Gasteiger partial charge is 0.426 e. The van der Waals surface area contributed by atoms with Crippen molar-refractivity contribution in [2.24, 2.45) is 5.73 Å². The number of benzene rings is 5. The summed E-state index contributed by atoms with van der Waals surface area (Å²) >= 11 is 0. The summed E-state index contributed by atoms with van der Waals surface area (Å²) in [5.74, 6) is -2.29. The van der Waals surface area contributed by atoms with E-state index in [0.717, 1.165) is 33.4 Å². The van der Waals surface area contributed by atoms with Crippen molar-refractivity contribution < 1.29 is 19.1 Å². The molecule has 1 amide bonds. The van der Waals surface area contributed by atoms with Crippen molar-refractivity contribution >= 4 is 28.6 Å². The summed E-state index contributed by atoms with van der Waals surface area (Å²) in [7, 11) is 0. The predicted octanol–water partition coefficient (Wildman–Crippen LogP) is 7.69. The molecule has 0 radical (unpaired) electrons. The molecule has 0 fully saturated rings. The van der Waals surface area contributed by atoms with Crippen molar-refractivity contribution in [2.75, 3.05) is 0 Å². The molecule has 0 aliphatic heterocycles. The summed E-state index contributed by atoms with van der Waals surface area (Å²) in [4.78, 5) is 37.8. The Labute approximate surface area is 261 Å². The first-order valence-electron chi connectivity index (χ1n) is 14.7. The molecule has 0 atom stereocenters. The third-order valence-electron chi connectivity index (χ3n) is 8.45. The monoisotopic (exact) mass is 592 g/mol. The van der Waals surface area contributed by atoms with Gasteiger partial charge in [0.15, 0.2) is 0 Å². The highest BCUT2D eigenvalue weighted by molar-refractivity contribution is 6.45. The third kappa shape index (κ3) is 5.21. The quantitative estimate of drug-likeness (QED) is 0.0849. The number of esters is 1. The molecule has 1 aromatic heterocycles. The molecule has 222 valence electrons. The molecule has 0 aliphatic carbocycles. The molecule has 6 aromatic rings. The van der Waals surface area contributed by atoms with Crippen LogP contribution in [0.5, 0.6) is 5.75 Å². The molecular formula is C39H32N2O4. The number of carbonyl (C=O) groups excluding carboxylic acids is 3. The van der Waals surface area contributed by atoms with Crippen LogP contribution in [0.3, 0.4) is 0 Å². The molecule has 0 bridgehead atoms. The number of amides is 1. The summed E-state index contributed by atoms with van der Waals surface area (Å²) in [5, 5.41) is 0.363. The number of fused-ring (bicyclic) bond motifs is 1. The molecule has 0 unspecified atom stereocenters. The van der Waals surface area contributed by atoms with Gasteiger partial charge in [-0.2, -0.15) is 0 Å². The van der Waals surface area contributed by atoms with E-state index in [4.69, 9.17) is 10.5 Å². The van der Waals surface area contributed by atoms with Crippen LogP contribution in [-0.4, -0.2) is 22.2 Å². The Balaban J connectivity index is 1.64. The maximum Gasteiger partial charge on any atom is 0.308 e. The average Bonchev–Trinajstić information content (AvgIpc) is 3.37. The van der Waals surface area contributed by atoms with E-state index in [2.05, 4.69) is 79.7 Å². The van der Waals surface area contributed by atoms with E-state index in [1.165, 1.54) is 6.92 Å². The van der Waals surface area contributed by atoms with E-state index in [9.17, 15) is 14.4 Å². The first-order valence-corrected chi connectivity index (χ1v) is 14.7. The maximum atomic E-state index is 13.4. The Hall–Kier alpha value is -5.75. The summed E-state index contributed by atoms with van der Waals surface area (Å²) in [6, 6.07) is 42.2. The van der Waals surface area contributed by atoms with Gasteiger partial charge in [-0.25, -0.2) is 0 Å². The van der Waals surface area contributed by atoms with Gasteiger partial charge in [-0.05, 0) is 59.4 Å². The zero-order valence-electron chi connectivity index (χ0n) is 25.3. The Kier molecular flexibility index (Phi) is 7.65. The second kappa shape index (κ2) is 11.7. The summed E-state index contributed by atoms with van der Waals surface area (Å²) < 4.78 is 7.61. The second-order valence-electron chi connectivity index (χ2n) is 11.2. The van der Waals surface area contributed by atoms with Gasteiger partial charge in [-0.1, -0.05) is 115 Å². The maximum absolute atomic E-state index is 13.4. The molecule has 0 saturated heterocycles. The summed E-state index contributed by atoms with van der Waals surface area (Å²) in [6.45, 7) is 5.18. The first-order chi connectivity index (χ1) is 21.7. The number of aromatic nitrogens is 1. The van der Waals surface area contributed by atoms with Crippen molar-refractivity contribution in [3.63, 3.8) is 0 Å². The van der Waals surface area contributed by atoms with Crippen LogP contribution in [0.4, 0.5) is 0 Å². The van der Waals surface area contributed by atoms with Gasteiger partial charge in [0.2, 0.25) is 0 Å². The highest BCUT2D eigenvalue weighted by Gasteiger charge is 2.37. The van der Waals surface area contributed by atoms with Crippen LogP contribution in [-0.2, 0) is 15.1 Å². The smallest absolute Gasteiger partial charge is 0.308 e. The SMILES string of the molecule is CC(=O)Oc1cccc2c1c(C(=O)C(N)=O)c(C)n2C(C)(c1ccc(-c2ccccc2)cc1)c1ccc(-c2ccccc2)cc1. The molecule has 45 heavy (non-hydrogen) atoms. The Bertz CT molecular complexity index is 1960. The lowest BCUT2D eigenvalue weighted by atomic mass is 9.82. The molecule has 0 spiro atoms. The van der Waals surface area contributed by atoms with Gasteiger partial charge in [0.25, 0.3) is 11.7 Å². The first kappa shape index (κ1) is 29.3. The summed E-state index contributed by atoms with van der Waals surface area (Å²) in [5.41, 5.74) is 12.2. The minimum atomic E-state index is -1.09. The molecule has 2 N–H and O–H groups in total. The number of ether oxygens (including phenoxy) is 1. The minimum absolute atomic E-state index is 0.113. The van der Waals surface area contributed by atoms with Crippen LogP contribution in [0.1, 0.15) is 41.0 Å². The van der Waals surface area contributed by atoms with Crippen LogP contribution in [0.25, 0.3) is 33.2 Å². The molecule has 0 saturated carbocycles. The van der Waals surface area contributed by atoms with Crippen molar-refractivity contribution in [3.05, 3.63) is 150 Å². The van der Waals surface area contributed by atoms with Gasteiger partial charge in [-0.15, -0.1) is 0 Å². The fourth-order valence-electron chi connectivity index (χ4n) is 6.31. The zero-order valence-corrected chi connectivity index (χ0v) is 25.3. The van der Waals surface area contributed by atoms with E-state index in [-0.39, 0.29) is 11.3 Å². The van der Waals surface area contributed by atoms with E-state index < -0.39 is 23.2 Å². The molecule has 6 heteroatoms. The normalized spacial score (nSPS) is 11.4. The number of Topliss-reactive ketones (excluding diaryl/α,β-unsaturated/α-hetero) is 1. The van der Waals surface area contributed by atoms with E-state index >= 15 is 0 Å². The molecule has 5 aromatic carbocycles. The number of hydrogen-bond donors (Lipinski definition) is 1.